The van der Waals surface area contributed by atoms with Crippen LogP contribution in [-0.4, -0.2) is 60.2 Å². The minimum atomic E-state index is -9.26. The van der Waals surface area contributed by atoms with Crippen LogP contribution in [0.15, 0.2) is 0 Å². The van der Waals surface area contributed by atoms with Gasteiger partial charge in [0.25, 0.3) is 5.41 Å². The highest BCUT2D eigenvalue weighted by molar-refractivity contribution is 5.20. The first-order chi connectivity index (χ1) is 16.1. The van der Waals surface area contributed by atoms with Crippen LogP contribution < -0.4 is 0 Å². The Morgan fingerprint density at radius 1 is 0.368 bits per heavy atom. The molecular formula is C16H12F22. The van der Waals surface area contributed by atoms with E-state index in [0.29, 0.717) is 0 Å². The Morgan fingerprint density at radius 3 is 0.868 bits per heavy atom. The fourth-order valence-electron chi connectivity index (χ4n) is 2.98. The lowest BCUT2D eigenvalue weighted by Gasteiger charge is -2.49. The third-order valence-corrected chi connectivity index (χ3v) is 5.18. The van der Waals surface area contributed by atoms with Crippen LogP contribution in [0.1, 0.15) is 26.7 Å². The number of hydrogen-bond donors (Lipinski definition) is 0. The first kappa shape index (κ1) is 36.5. The van der Waals surface area contributed by atoms with Crippen molar-refractivity contribution < 1.29 is 96.6 Å². The molecule has 0 aliphatic rings. The molecule has 0 saturated carbocycles. The third kappa shape index (κ3) is 4.71. The molecule has 0 aliphatic carbocycles. The molecule has 0 heterocycles. The highest BCUT2D eigenvalue weighted by Gasteiger charge is 2.99. The standard InChI is InChI=1S/C16H12F22/c1-5(2)3-4-6(17)7(14(30,31)32,15(33,34)35)8(18,19)9(20,21)10(22,23)11(24,25)12(26,27)13(28,29)16(36,37)38/h5-6H,3-4H2,1-2H3. The molecule has 0 aliphatic heterocycles. The molecule has 0 amide bonds. The summed E-state index contributed by atoms with van der Waals surface area (Å²) in [6.07, 6.45) is -33.7. The minimum absolute atomic E-state index is 0.861. The molecule has 1 atom stereocenters. The van der Waals surface area contributed by atoms with Gasteiger partial charge in [-0.25, -0.2) is 4.39 Å². The summed E-state index contributed by atoms with van der Waals surface area (Å²) in [5, 5.41) is 0. The van der Waals surface area contributed by atoms with Crippen molar-refractivity contribution in [3.05, 3.63) is 0 Å². The molecular weight excluding hydrogens is 610 g/mol. The number of halogens is 22. The van der Waals surface area contributed by atoms with E-state index < -0.39 is 84.4 Å². The van der Waals surface area contributed by atoms with Crippen molar-refractivity contribution in [1.82, 2.24) is 0 Å². The average Bonchev–Trinajstić information content (AvgIpc) is 2.62. The van der Waals surface area contributed by atoms with Crippen LogP contribution in [0, 0.1) is 11.3 Å². The molecule has 0 radical (unpaired) electrons. The summed E-state index contributed by atoms with van der Waals surface area (Å²) in [5.74, 6) is -55.3. The van der Waals surface area contributed by atoms with E-state index in [1.807, 2.05) is 0 Å². The van der Waals surface area contributed by atoms with Gasteiger partial charge in [0, 0.05) is 0 Å². The largest absolute Gasteiger partial charge is 0.460 e. The number of hydrogen-bond acceptors (Lipinski definition) is 0. The Hall–Kier alpha value is -1.54. The Balaban J connectivity index is 7.62. The maximum atomic E-state index is 14.3. The van der Waals surface area contributed by atoms with Crippen LogP contribution in [0.3, 0.4) is 0 Å². The van der Waals surface area contributed by atoms with Crippen molar-refractivity contribution in [2.24, 2.45) is 11.3 Å². The minimum Gasteiger partial charge on any atom is -0.246 e. The predicted molar refractivity (Wildman–Crippen MR) is 79.2 cm³/mol. The van der Waals surface area contributed by atoms with Crippen molar-refractivity contribution in [2.45, 2.75) is 86.9 Å². The summed E-state index contributed by atoms with van der Waals surface area (Å²) in [5.41, 5.74) is -8.10. The second kappa shape index (κ2) is 9.53. The van der Waals surface area contributed by atoms with E-state index in [0.717, 1.165) is 13.8 Å². The van der Waals surface area contributed by atoms with Crippen molar-refractivity contribution in [3.63, 3.8) is 0 Å². The summed E-state index contributed by atoms with van der Waals surface area (Å²) in [6.45, 7) is 1.72. The SMILES string of the molecule is CC(C)CCC(F)C(C(F)(F)F)(C(F)(F)F)C(F)(F)C(F)(F)C(F)(F)C(F)(F)C(F)(F)C(F)(F)C(F)(F)F. The molecule has 0 rings (SSSR count). The monoisotopic (exact) mass is 622 g/mol. The van der Waals surface area contributed by atoms with Crippen LogP contribution in [0.4, 0.5) is 96.6 Å². The van der Waals surface area contributed by atoms with Gasteiger partial charge < -0.3 is 0 Å². The maximum Gasteiger partial charge on any atom is 0.460 e. The van der Waals surface area contributed by atoms with Gasteiger partial charge in [-0.15, -0.1) is 0 Å². The van der Waals surface area contributed by atoms with Crippen molar-refractivity contribution in [2.75, 3.05) is 0 Å². The van der Waals surface area contributed by atoms with Gasteiger partial charge in [0.15, 0.2) is 0 Å². The highest BCUT2D eigenvalue weighted by Crippen LogP contribution is 2.70. The molecule has 230 valence electrons. The van der Waals surface area contributed by atoms with Gasteiger partial charge >= 0.3 is 54.1 Å². The van der Waals surface area contributed by atoms with Gasteiger partial charge in [-0.3, -0.25) is 0 Å². The Morgan fingerprint density at radius 2 is 0.632 bits per heavy atom. The normalized spacial score (nSPS) is 17.3. The van der Waals surface area contributed by atoms with E-state index in [-0.39, 0.29) is 0 Å². The third-order valence-electron chi connectivity index (χ3n) is 5.18. The molecule has 38 heavy (non-hydrogen) atoms. The van der Waals surface area contributed by atoms with Gasteiger partial charge in [-0.1, -0.05) is 13.8 Å². The number of rotatable bonds is 10. The molecule has 0 bridgehead atoms. The molecule has 1 unspecified atom stereocenters. The fourth-order valence-corrected chi connectivity index (χ4v) is 2.98. The second-order valence-corrected chi connectivity index (χ2v) is 8.19. The van der Waals surface area contributed by atoms with Crippen LogP contribution in [0.2, 0.25) is 0 Å². The molecule has 0 saturated heterocycles. The predicted octanol–water partition coefficient (Wildman–Crippen LogP) is 9.25. The molecule has 0 N–H and O–H groups in total. The lowest BCUT2D eigenvalue weighted by molar-refractivity contribution is -0.490. The average molecular weight is 622 g/mol. The van der Waals surface area contributed by atoms with Gasteiger partial charge in [0.2, 0.25) is 0 Å². The molecule has 0 spiro atoms. The van der Waals surface area contributed by atoms with Gasteiger partial charge in [-0.05, 0) is 18.8 Å². The lowest BCUT2D eigenvalue weighted by Crippen LogP contribution is -2.78. The van der Waals surface area contributed by atoms with Crippen molar-refractivity contribution >= 4 is 0 Å². The Kier molecular flexibility index (Phi) is 9.15. The van der Waals surface area contributed by atoms with Crippen LogP contribution in [0.5, 0.6) is 0 Å². The summed E-state index contributed by atoms with van der Waals surface area (Å²) in [4.78, 5) is 0. The van der Waals surface area contributed by atoms with Gasteiger partial charge in [0.1, 0.15) is 6.17 Å². The second-order valence-electron chi connectivity index (χ2n) is 8.19. The van der Waals surface area contributed by atoms with E-state index >= 15 is 0 Å². The first-order valence-electron chi connectivity index (χ1n) is 9.20. The maximum absolute atomic E-state index is 14.3. The van der Waals surface area contributed by atoms with Crippen molar-refractivity contribution in [3.8, 4) is 0 Å². The van der Waals surface area contributed by atoms with E-state index in [4.69, 9.17) is 0 Å². The van der Waals surface area contributed by atoms with Crippen molar-refractivity contribution in [1.29, 1.82) is 0 Å². The van der Waals surface area contributed by atoms with Crippen LogP contribution >= 0.6 is 0 Å². The summed E-state index contributed by atoms with van der Waals surface area (Å²) < 4.78 is 294. The molecule has 0 nitrogen and oxygen atoms in total. The summed E-state index contributed by atoms with van der Waals surface area (Å²) in [7, 11) is 0. The first-order valence-corrected chi connectivity index (χ1v) is 9.20. The number of alkyl halides is 22. The smallest absolute Gasteiger partial charge is 0.246 e. The van der Waals surface area contributed by atoms with E-state index in [1.165, 1.54) is 0 Å². The molecule has 0 aromatic rings. The molecule has 0 fully saturated rings. The van der Waals surface area contributed by atoms with Gasteiger partial charge in [-0.2, -0.15) is 92.2 Å². The van der Waals surface area contributed by atoms with E-state index in [1.54, 1.807) is 0 Å². The highest BCUT2D eigenvalue weighted by atomic mass is 19.4. The zero-order valence-corrected chi connectivity index (χ0v) is 17.9. The van der Waals surface area contributed by atoms with Gasteiger partial charge in [0.05, 0.1) is 0 Å². The quantitative estimate of drug-likeness (QED) is 0.213. The molecule has 0 aromatic heterocycles. The van der Waals surface area contributed by atoms with Crippen LogP contribution in [0.25, 0.3) is 0 Å². The summed E-state index contributed by atoms with van der Waals surface area (Å²) >= 11 is 0. The Labute approximate surface area is 196 Å². The van der Waals surface area contributed by atoms with E-state index in [2.05, 4.69) is 0 Å². The lowest BCUT2D eigenvalue weighted by atomic mass is 9.69. The van der Waals surface area contributed by atoms with E-state index in [9.17, 15) is 96.6 Å². The fraction of sp³-hybridized carbons (Fsp3) is 1.00. The van der Waals surface area contributed by atoms with Crippen LogP contribution in [-0.2, 0) is 0 Å². The topological polar surface area (TPSA) is 0 Å². The zero-order chi connectivity index (χ0) is 31.6. The Bertz CT molecular complexity index is 795. The molecule has 0 aromatic carbocycles. The summed E-state index contributed by atoms with van der Waals surface area (Å²) in [6, 6.07) is 0. The zero-order valence-electron chi connectivity index (χ0n) is 17.9. The molecule has 22 heteroatoms.